The number of nitrogens with one attached hydrogen (secondary N) is 1. The van der Waals surface area contributed by atoms with E-state index in [4.69, 9.17) is 5.11 Å². The van der Waals surface area contributed by atoms with Crippen LogP contribution in [0.4, 0.5) is 0 Å². The highest BCUT2D eigenvalue weighted by atomic mass is 32.1. The van der Waals surface area contributed by atoms with Gasteiger partial charge in [-0.3, -0.25) is 4.79 Å². The van der Waals surface area contributed by atoms with Crippen LogP contribution in [0, 0.1) is 5.21 Å². The molecular formula is C3H6NO3S-. The highest BCUT2D eigenvalue weighted by Crippen LogP contribution is 1.84. The largest absolute Gasteiger partial charge is 0.787 e. The van der Waals surface area contributed by atoms with Crippen LogP contribution < -0.4 is 5.48 Å². The first-order valence-corrected chi connectivity index (χ1v) is 2.57. The molecule has 2 N–H and O–H groups in total. The molecule has 1 unspecified atom stereocenters. The molecule has 0 radical (unpaired) electrons. The number of carbonyl (C=O) groups is 1. The van der Waals surface area contributed by atoms with Crippen LogP contribution in [0.15, 0.2) is 0 Å². The molecule has 0 aromatic heterocycles. The zero-order valence-corrected chi connectivity index (χ0v) is 4.89. The summed E-state index contributed by atoms with van der Waals surface area (Å²) in [7, 11) is 0. The van der Waals surface area contributed by atoms with E-state index in [2.05, 4.69) is 12.6 Å². The van der Waals surface area contributed by atoms with Crippen molar-refractivity contribution < 1.29 is 9.90 Å². The normalized spacial score (nSPS) is 13.2. The second-order valence-corrected chi connectivity index (χ2v) is 1.56. The average Bonchev–Trinajstić information content (AvgIpc) is 1.69. The fourth-order valence-electron chi connectivity index (χ4n) is 0.166. The molecule has 0 aromatic rings. The van der Waals surface area contributed by atoms with Gasteiger partial charge in [-0.05, 0) is 0 Å². The maximum atomic E-state index is 9.85. The highest BCUT2D eigenvalue weighted by Gasteiger charge is 2.07. The molecule has 0 aliphatic heterocycles. The van der Waals surface area contributed by atoms with E-state index in [0.717, 1.165) is 0 Å². The Hall–Kier alpha value is -0.260. The number of thiol groups is 1. The van der Waals surface area contributed by atoms with Gasteiger partial charge in [0.2, 0.25) is 0 Å². The predicted octanol–water partition coefficient (Wildman–Crippen LogP) is -0.543. The van der Waals surface area contributed by atoms with Gasteiger partial charge < -0.3 is 15.8 Å². The van der Waals surface area contributed by atoms with Crippen molar-refractivity contribution in [2.45, 2.75) is 6.04 Å². The lowest BCUT2D eigenvalue weighted by atomic mass is 10.4. The zero-order valence-electron chi connectivity index (χ0n) is 4.00. The van der Waals surface area contributed by atoms with Crippen molar-refractivity contribution in [3.8, 4) is 0 Å². The predicted molar refractivity (Wildman–Crippen MR) is 31.8 cm³/mol. The van der Waals surface area contributed by atoms with E-state index in [1.165, 1.54) is 5.48 Å². The van der Waals surface area contributed by atoms with Gasteiger partial charge in [-0.25, -0.2) is 0 Å². The standard InChI is InChI=1S/C3H6NO3S/c5-3(6)2(1-8)4-7/h2,4,8H,1H2,(H,5,6)/q-1. The minimum atomic E-state index is -1.17. The van der Waals surface area contributed by atoms with Gasteiger partial charge in [0.15, 0.2) is 0 Å². The summed E-state index contributed by atoms with van der Waals surface area (Å²) < 4.78 is 0. The fraction of sp³-hybridized carbons (Fsp3) is 0.667. The summed E-state index contributed by atoms with van der Waals surface area (Å²) in [6.45, 7) is 0. The molecule has 48 valence electrons. The molecule has 0 spiro atoms. The summed E-state index contributed by atoms with van der Waals surface area (Å²) in [6.07, 6.45) is 0. The third kappa shape index (κ3) is 2.15. The molecule has 5 heteroatoms. The molecular weight excluding hydrogens is 130 g/mol. The number of aliphatic carboxylic acids is 1. The molecule has 0 saturated heterocycles. The minimum absolute atomic E-state index is 0.0127. The SMILES string of the molecule is O=C(O)C(CS)N[O-]. The summed E-state index contributed by atoms with van der Waals surface area (Å²) in [5, 5.41) is 17.7. The summed E-state index contributed by atoms with van der Waals surface area (Å²) in [5.74, 6) is -1.16. The lowest BCUT2D eigenvalue weighted by molar-refractivity contribution is -0.138. The number of carboxylic acids is 1. The van der Waals surface area contributed by atoms with Crippen molar-refractivity contribution in [3.63, 3.8) is 0 Å². The summed E-state index contributed by atoms with van der Waals surface area (Å²) in [6, 6.07) is -1.07. The van der Waals surface area contributed by atoms with Crippen LogP contribution in [-0.4, -0.2) is 22.9 Å². The first-order valence-electron chi connectivity index (χ1n) is 1.93. The number of hydrogen-bond donors (Lipinski definition) is 3. The lowest BCUT2D eigenvalue weighted by Gasteiger charge is -2.13. The molecule has 0 rings (SSSR count). The van der Waals surface area contributed by atoms with Crippen molar-refractivity contribution in [2.24, 2.45) is 0 Å². The molecule has 0 heterocycles. The summed E-state index contributed by atoms with van der Waals surface area (Å²) in [4.78, 5) is 9.85. The van der Waals surface area contributed by atoms with Crippen LogP contribution in [-0.2, 0) is 4.79 Å². The van der Waals surface area contributed by atoms with E-state index in [1.54, 1.807) is 0 Å². The van der Waals surface area contributed by atoms with Crippen LogP contribution in [0.3, 0.4) is 0 Å². The second-order valence-electron chi connectivity index (χ2n) is 1.19. The van der Waals surface area contributed by atoms with Crippen LogP contribution in [0.5, 0.6) is 0 Å². The number of hydroxylamine groups is 1. The Morgan fingerprint density at radius 2 is 2.50 bits per heavy atom. The van der Waals surface area contributed by atoms with E-state index in [1.807, 2.05) is 0 Å². The second kappa shape index (κ2) is 3.71. The fourth-order valence-corrected chi connectivity index (χ4v) is 0.396. The van der Waals surface area contributed by atoms with Gasteiger partial charge >= 0.3 is 5.97 Å². The monoisotopic (exact) mass is 136 g/mol. The molecule has 8 heavy (non-hydrogen) atoms. The summed E-state index contributed by atoms with van der Waals surface area (Å²) >= 11 is 3.59. The van der Waals surface area contributed by atoms with Crippen LogP contribution >= 0.6 is 12.6 Å². The maximum Gasteiger partial charge on any atom is 0.320 e. The van der Waals surface area contributed by atoms with Gasteiger partial charge in [-0.1, -0.05) is 0 Å². The topological polar surface area (TPSA) is 72.4 Å². The number of hydrogen-bond acceptors (Lipinski definition) is 4. The van der Waals surface area contributed by atoms with Crippen molar-refractivity contribution in [1.82, 2.24) is 5.48 Å². The molecule has 0 aromatic carbocycles. The van der Waals surface area contributed by atoms with Crippen molar-refractivity contribution >= 4 is 18.6 Å². The minimum Gasteiger partial charge on any atom is -0.787 e. The molecule has 0 fully saturated rings. The first-order chi connectivity index (χ1) is 3.72. The lowest BCUT2D eigenvalue weighted by Crippen LogP contribution is -2.34. The molecule has 1 atom stereocenters. The van der Waals surface area contributed by atoms with Gasteiger partial charge in [0.25, 0.3) is 0 Å². The van der Waals surface area contributed by atoms with Crippen LogP contribution in [0.25, 0.3) is 0 Å². The maximum absolute atomic E-state index is 9.85. The molecule has 0 amide bonds. The van der Waals surface area contributed by atoms with Crippen molar-refractivity contribution in [2.75, 3.05) is 5.75 Å². The molecule has 0 aliphatic carbocycles. The first kappa shape index (κ1) is 7.74. The quantitative estimate of drug-likeness (QED) is 0.360. The Morgan fingerprint density at radius 3 is 2.50 bits per heavy atom. The molecule has 0 aliphatic rings. The van der Waals surface area contributed by atoms with E-state index in [0.29, 0.717) is 0 Å². The summed E-state index contributed by atoms with van der Waals surface area (Å²) in [5.41, 5.74) is 1.33. The van der Waals surface area contributed by atoms with Crippen molar-refractivity contribution in [1.29, 1.82) is 0 Å². The Bertz CT molecular complexity index is 82.6. The van der Waals surface area contributed by atoms with E-state index in [-0.39, 0.29) is 5.75 Å². The highest BCUT2D eigenvalue weighted by molar-refractivity contribution is 7.80. The van der Waals surface area contributed by atoms with Crippen LogP contribution in [0.2, 0.25) is 0 Å². The smallest absolute Gasteiger partial charge is 0.320 e. The van der Waals surface area contributed by atoms with Crippen LogP contribution in [0.1, 0.15) is 0 Å². The Balaban J connectivity index is 3.52. The van der Waals surface area contributed by atoms with E-state index >= 15 is 0 Å². The van der Waals surface area contributed by atoms with E-state index in [9.17, 15) is 10.0 Å². The number of carboxylic acid groups (broad SMARTS) is 1. The Morgan fingerprint density at radius 1 is 2.00 bits per heavy atom. The Kier molecular flexibility index (Phi) is 3.59. The van der Waals surface area contributed by atoms with E-state index < -0.39 is 12.0 Å². The molecule has 0 saturated carbocycles. The van der Waals surface area contributed by atoms with Gasteiger partial charge in [0.05, 0.1) is 0 Å². The van der Waals surface area contributed by atoms with Gasteiger partial charge in [-0.15, -0.1) is 0 Å². The van der Waals surface area contributed by atoms with Gasteiger partial charge in [-0.2, -0.15) is 12.6 Å². The molecule has 4 nitrogen and oxygen atoms in total. The molecule has 0 bridgehead atoms. The third-order valence-electron chi connectivity index (χ3n) is 0.623. The Labute approximate surface area is 51.9 Å². The zero-order chi connectivity index (χ0) is 6.57. The van der Waals surface area contributed by atoms with Gasteiger partial charge in [0, 0.05) is 5.75 Å². The van der Waals surface area contributed by atoms with Gasteiger partial charge in [0.1, 0.15) is 6.04 Å². The van der Waals surface area contributed by atoms with Crippen molar-refractivity contribution in [3.05, 3.63) is 5.21 Å². The number of rotatable bonds is 3. The average molecular weight is 136 g/mol. The third-order valence-corrected chi connectivity index (χ3v) is 0.988.